The van der Waals surface area contributed by atoms with Gasteiger partial charge in [0.15, 0.2) is 0 Å². The van der Waals surface area contributed by atoms with E-state index in [9.17, 15) is 5.11 Å². The van der Waals surface area contributed by atoms with Gasteiger partial charge in [0, 0.05) is 23.1 Å². The van der Waals surface area contributed by atoms with E-state index in [2.05, 4.69) is 40.9 Å². The molecule has 4 heteroatoms. The molecule has 3 nitrogen and oxygen atoms in total. The number of aliphatic hydroxyl groups is 1. The minimum atomic E-state index is -0.859. The fourth-order valence-corrected chi connectivity index (χ4v) is 3.01. The molecule has 1 aromatic carbocycles. The summed E-state index contributed by atoms with van der Waals surface area (Å²) in [5, 5.41) is 15.7. The van der Waals surface area contributed by atoms with E-state index in [-0.39, 0.29) is 0 Å². The molecule has 1 atom stereocenters. The highest BCUT2D eigenvalue weighted by Crippen LogP contribution is 2.31. The number of benzene rings is 1. The number of hydrogen-bond donors (Lipinski definition) is 1. The average molecular weight is 351 g/mol. The van der Waals surface area contributed by atoms with Crippen LogP contribution in [-0.2, 0) is 25.0 Å². The van der Waals surface area contributed by atoms with E-state index in [1.165, 1.54) is 0 Å². The monoisotopic (exact) mass is 350 g/mol. The number of aryl methyl sites for hydroxylation is 2. The van der Waals surface area contributed by atoms with Crippen LogP contribution in [0.3, 0.4) is 0 Å². The van der Waals surface area contributed by atoms with Crippen LogP contribution in [0.25, 0.3) is 0 Å². The van der Waals surface area contributed by atoms with Gasteiger partial charge in [0.05, 0.1) is 11.3 Å². The highest BCUT2D eigenvalue weighted by Gasteiger charge is 2.29. The summed E-state index contributed by atoms with van der Waals surface area (Å²) in [6.07, 6.45) is 2.17. The maximum absolute atomic E-state index is 11.1. The van der Waals surface area contributed by atoms with E-state index in [0.29, 0.717) is 12.8 Å². The zero-order valence-electron chi connectivity index (χ0n) is 12.9. The summed E-state index contributed by atoms with van der Waals surface area (Å²) in [6, 6.07) is 10.0. The lowest BCUT2D eigenvalue weighted by Crippen LogP contribution is -2.29. The highest BCUT2D eigenvalue weighted by atomic mass is 79.9. The first-order valence-corrected chi connectivity index (χ1v) is 8.35. The second-order valence-corrected chi connectivity index (χ2v) is 6.28. The Morgan fingerprint density at radius 2 is 2.00 bits per heavy atom. The lowest BCUT2D eigenvalue weighted by atomic mass is 9.86. The fraction of sp³-hybridized carbons (Fsp3) is 0.471. The third kappa shape index (κ3) is 3.55. The summed E-state index contributed by atoms with van der Waals surface area (Å²) in [5.74, 6) is 0. The molecule has 0 aliphatic rings. The van der Waals surface area contributed by atoms with Crippen LogP contribution in [0.5, 0.6) is 0 Å². The molecule has 0 amide bonds. The van der Waals surface area contributed by atoms with Crippen molar-refractivity contribution >= 4 is 15.9 Å². The normalized spacial score (nSPS) is 14.1. The summed E-state index contributed by atoms with van der Waals surface area (Å²) in [4.78, 5) is 0. The predicted molar refractivity (Wildman–Crippen MR) is 89.3 cm³/mol. The van der Waals surface area contributed by atoms with Crippen molar-refractivity contribution < 1.29 is 5.11 Å². The lowest BCUT2D eigenvalue weighted by Gasteiger charge is -2.28. The van der Waals surface area contributed by atoms with Gasteiger partial charge in [-0.1, -0.05) is 41.9 Å². The van der Waals surface area contributed by atoms with Crippen LogP contribution in [0.4, 0.5) is 0 Å². The van der Waals surface area contributed by atoms with E-state index >= 15 is 0 Å². The number of rotatable bonds is 6. The van der Waals surface area contributed by atoms with E-state index < -0.39 is 5.60 Å². The van der Waals surface area contributed by atoms with Crippen LogP contribution in [0.1, 0.15) is 44.1 Å². The minimum Gasteiger partial charge on any atom is -0.385 e. The topological polar surface area (TPSA) is 38.0 Å². The summed E-state index contributed by atoms with van der Waals surface area (Å²) in [5.41, 5.74) is 2.27. The molecule has 0 spiro atoms. The Morgan fingerprint density at radius 3 is 2.57 bits per heavy atom. The van der Waals surface area contributed by atoms with Gasteiger partial charge in [-0.15, -0.1) is 0 Å². The van der Waals surface area contributed by atoms with Crippen molar-refractivity contribution in [2.24, 2.45) is 0 Å². The number of hydrogen-bond acceptors (Lipinski definition) is 2. The van der Waals surface area contributed by atoms with Gasteiger partial charge in [-0.25, -0.2) is 0 Å². The molecule has 21 heavy (non-hydrogen) atoms. The third-order valence-corrected chi connectivity index (χ3v) is 4.49. The molecule has 0 fully saturated rings. The molecule has 0 aliphatic heterocycles. The summed E-state index contributed by atoms with van der Waals surface area (Å²) in [6.45, 7) is 7.04. The molecule has 0 bridgehead atoms. The predicted octanol–water partition coefficient (Wildman–Crippen LogP) is 4.07. The first kappa shape index (κ1) is 16.2. The quantitative estimate of drug-likeness (QED) is 0.852. The van der Waals surface area contributed by atoms with Crippen molar-refractivity contribution in [2.45, 2.75) is 52.2 Å². The first-order chi connectivity index (χ1) is 10.0. The standard InChI is InChI=1S/C17H23BrN2O/c1-4-15-11-16(20(6-3)19-15)12-17(21,5-2)13-8-7-9-14(18)10-13/h7-11,21H,4-6,12H2,1-3H3. The van der Waals surface area contributed by atoms with Crippen molar-refractivity contribution in [3.8, 4) is 0 Å². The van der Waals surface area contributed by atoms with E-state index in [4.69, 9.17) is 0 Å². The van der Waals surface area contributed by atoms with Gasteiger partial charge in [-0.05, 0) is 43.5 Å². The Hall–Kier alpha value is -1.13. The van der Waals surface area contributed by atoms with Gasteiger partial charge in [0.2, 0.25) is 0 Å². The van der Waals surface area contributed by atoms with Gasteiger partial charge in [-0.2, -0.15) is 5.10 Å². The molecule has 0 aliphatic carbocycles. The van der Waals surface area contributed by atoms with Crippen molar-refractivity contribution in [2.75, 3.05) is 0 Å². The summed E-state index contributed by atoms with van der Waals surface area (Å²) in [7, 11) is 0. The van der Waals surface area contributed by atoms with Crippen molar-refractivity contribution in [3.05, 3.63) is 51.8 Å². The molecular formula is C17H23BrN2O. The molecule has 2 aromatic rings. The van der Waals surface area contributed by atoms with Gasteiger partial charge in [0.25, 0.3) is 0 Å². The highest BCUT2D eigenvalue weighted by molar-refractivity contribution is 9.10. The van der Waals surface area contributed by atoms with Crippen LogP contribution in [0, 0.1) is 0 Å². The molecule has 1 unspecified atom stereocenters. The van der Waals surface area contributed by atoms with Crippen LogP contribution in [0.2, 0.25) is 0 Å². The first-order valence-electron chi connectivity index (χ1n) is 7.56. The van der Waals surface area contributed by atoms with E-state index in [1.807, 2.05) is 35.9 Å². The number of nitrogens with zero attached hydrogens (tertiary/aromatic N) is 2. The summed E-state index contributed by atoms with van der Waals surface area (Å²) >= 11 is 3.48. The molecular weight excluding hydrogens is 328 g/mol. The second kappa shape index (κ2) is 6.75. The number of halogens is 1. The largest absolute Gasteiger partial charge is 0.385 e. The molecule has 2 rings (SSSR count). The van der Waals surface area contributed by atoms with Gasteiger partial charge in [-0.3, -0.25) is 4.68 Å². The van der Waals surface area contributed by atoms with Crippen molar-refractivity contribution in [1.82, 2.24) is 9.78 Å². The lowest BCUT2D eigenvalue weighted by molar-refractivity contribution is 0.0306. The van der Waals surface area contributed by atoms with Crippen molar-refractivity contribution in [1.29, 1.82) is 0 Å². The molecule has 0 saturated heterocycles. The molecule has 0 saturated carbocycles. The Morgan fingerprint density at radius 1 is 1.24 bits per heavy atom. The summed E-state index contributed by atoms with van der Waals surface area (Å²) < 4.78 is 2.99. The molecule has 114 valence electrons. The zero-order chi connectivity index (χ0) is 15.5. The minimum absolute atomic E-state index is 0.584. The SMILES string of the molecule is CCc1cc(CC(O)(CC)c2cccc(Br)c2)n(CC)n1. The number of aromatic nitrogens is 2. The molecule has 1 N–H and O–H groups in total. The third-order valence-electron chi connectivity index (χ3n) is 4.00. The maximum atomic E-state index is 11.1. The average Bonchev–Trinajstić information content (AvgIpc) is 2.89. The molecule has 0 radical (unpaired) electrons. The van der Waals surface area contributed by atoms with Gasteiger partial charge < -0.3 is 5.11 Å². The second-order valence-electron chi connectivity index (χ2n) is 5.37. The van der Waals surface area contributed by atoms with Gasteiger partial charge in [0.1, 0.15) is 0 Å². The van der Waals surface area contributed by atoms with Crippen molar-refractivity contribution in [3.63, 3.8) is 0 Å². The van der Waals surface area contributed by atoms with Crippen LogP contribution in [-0.4, -0.2) is 14.9 Å². The van der Waals surface area contributed by atoms with Crippen LogP contribution in [0.15, 0.2) is 34.8 Å². The zero-order valence-corrected chi connectivity index (χ0v) is 14.5. The Balaban J connectivity index is 2.36. The van der Waals surface area contributed by atoms with Gasteiger partial charge >= 0.3 is 0 Å². The smallest absolute Gasteiger partial charge is 0.0949 e. The van der Waals surface area contributed by atoms with E-state index in [1.54, 1.807) is 0 Å². The molecule has 1 aromatic heterocycles. The van der Waals surface area contributed by atoms with E-state index in [0.717, 1.165) is 34.4 Å². The Kier molecular flexibility index (Phi) is 5.22. The van der Waals surface area contributed by atoms with Crippen LogP contribution >= 0.6 is 15.9 Å². The Labute approximate surface area is 135 Å². The van der Waals surface area contributed by atoms with Crippen LogP contribution < -0.4 is 0 Å². The fourth-order valence-electron chi connectivity index (χ4n) is 2.61. The molecule has 1 heterocycles. The Bertz CT molecular complexity index is 609. The maximum Gasteiger partial charge on any atom is 0.0949 e.